The Labute approximate surface area is 144 Å². The number of hydrogen-bond donors (Lipinski definition) is 0. The van der Waals surface area contributed by atoms with Gasteiger partial charge in [-0.1, -0.05) is 66.7 Å². The first kappa shape index (κ1) is 15.4. The molecule has 0 aliphatic carbocycles. The van der Waals surface area contributed by atoms with E-state index < -0.39 is 8.32 Å². The molecular formula is C22H22OSi. The van der Waals surface area contributed by atoms with Crippen LogP contribution in [0.15, 0.2) is 66.7 Å². The first-order valence-electron chi connectivity index (χ1n) is 8.59. The zero-order valence-electron chi connectivity index (χ0n) is 14.5. The van der Waals surface area contributed by atoms with Crippen LogP contribution in [0.3, 0.4) is 0 Å². The molecule has 1 nitrogen and oxygen atoms in total. The topological polar surface area (TPSA) is 9.23 Å². The zero-order valence-corrected chi connectivity index (χ0v) is 15.5. The van der Waals surface area contributed by atoms with Gasteiger partial charge in [0.1, 0.15) is 0 Å². The average molecular weight is 331 g/mol. The Hall–Kier alpha value is -2.16. The van der Waals surface area contributed by atoms with Crippen molar-refractivity contribution >= 4 is 45.8 Å². The Kier molecular flexibility index (Phi) is 3.67. The summed E-state index contributed by atoms with van der Waals surface area (Å²) in [6.07, 6.45) is 0. The first-order chi connectivity index (χ1) is 11.6. The van der Waals surface area contributed by atoms with E-state index in [1.807, 2.05) is 0 Å². The standard InChI is InChI=1S/C22H22OSi/c1-4-23-24(2,3)16-13-14-21-19-11-6-5-9-17(19)18-10-7-8-12-20(18)22(21)15-16/h5-15H,4H2,1-3H3. The second-order valence-electron chi connectivity index (χ2n) is 6.79. The van der Waals surface area contributed by atoms with Gasteiger partial charge in [0, 0.05) is 6.61 Å². The summed E-state index contributed by atoms with van der Waals surface area (Å²) >= 11 is 0. The van der Waals surface area contributed by atoms with Crippen molar-refractivity contribution in [3.8, 4) is 0 Å². The SMILES string of the molecule is CCO[Si](C)(C)c1ccc2c3ccccc3c3ccccc3c2c1. The van der Waals surface area contributed by atoms with Crippen LogP contribution in [-0.2, 0) is 4.43 Å². The third-order valence-electron chi connectivity index (χ3n) is 4.94. The predicted molar refractivity (Wildman–Crippen MR) is 108 cm³/mol. The monoisotopic (exact) mass is 330 g/mol. The van der Waals surface area contributed by atoms with Gasteiger partial charge in [0.15, 0.2) is 0 Å². The maximum absolute atomic E-state index is 6.10. The summed E-state index contributed by atoms with van der Waals surface area (Å²) in [6, 6.07) is 24.4. The van der Waals surface area contributed by atoms with E-state index in [2.05, 4.69) is 86.7 Å². The minimum Gasteiger partial charge on any atom is -0.413 e. The number of hydrogen-bond acceptors (Lipinski definition) is 1. The van der Waals surface area contributed by atoms with Gasteiger partial charge in [0.05, 0.1) is 0 Å². The van der Waals surface area contributed by atoms with Gasteiger partial charge in [-0.25, -0.2) is 0 Å². The Balaban J connectivity index is 2.14. The molecule has 0 aromatic heterocycles. The van der Waals surface area contributed by atoms with E-state index in [1.165, 1.54) is 37.5 Å². The van der Waals surface area contributed by atoms with Crippen LogP contribution in [0.2, 0.25) is 13.1 Å². The summed E-state index contributed by atoms with van der Waals surface area (Å²) in [5.74, 6) is 0. The van der Waals surface area contributed by atoms with Crippen LogP contribution in [0.1, 0.15) is 6.92 Å². The van der Waals surface area contributed by atoms with Gasteiger partial charge in [0.2, 0.25) is 8.32 Å². The van der Waals surface area contributed by atoms with Gasteiger partial charge < -0.3 is 4.43 Å². The number of benzene rings is 4. The summed E-state index contributed by atoms with van der Waals surface area (Å²) < 4.78 is 6.10. The summed E-state index contributed by atoms with van der Waals surface area (Å²) in [5, 5.41) is 9.33. The molecule has 0 heterocycles. The smallest absolute Gasteiger partial charge is 0.218 e. The van der Waals surface area contributed by atoms with Crippen LogP contribution in [0.4, 0.5) is 0 Å². The first-order valence-corrected chi connectivity index (χ1v) is 11.5. The number of rotatable bonds is 3. The normalized spacial score (nSPS) is 12.3. The fraction of sp³-hybridized carbons (Fsp3) is 0.182. The van der Waals surface area contributed by atoms with Crippen LogP contribution in [-0.4, -0.2) is 14.9 Å². The molecule has 0 saturated heterocycles. The van der Waals surface area contributed by atoms with Crippen molar-refractivity contribution in [2.45, 2.75) is 20.0 Å². The van der Waals surface area contributed by atoms with Crippen molar-refractivity contribution in [3.63, 3.8) is 0 Å². The van der Waals surface area contributed by atoms with Crippen LogP contribution < -0.4 is 5.19 Å². The molecule has 0 N–H and O–H groups in total. The van der Waals surface area contributed by atoms with E-state index in [9.17, 15) is 0 Å². The van der Waals surface area contributed by atoms with Crippen LogP contribution in [0.25, 0.3) is 32.3 Å². The van der Waals surface area contributed by atoms with Crippen LogP contribution in [0, 0.1) is 0 Å². The second kappa shape index (κ2) is 5.73. The highest BCUT2D eigenvalue weighted by Crippen LogP contribution is 2.34. The van der Waals surface area contributed by atoms with E-state index in [1.54, 1.807) is 0 Å². The molecule has 0 amide bonds. The molecule has 120 valence electrons. The molecule has 0 atom stereocenters. The molecule has 0 radical (unpaired) electrons. The summed E-state index contributed by atoms with van der Waals surface area (Å²) in [4.78, 5) is 0. The third-order valence-corrected chi connectivity index (χ3v) is 7.66. The molecule has 24 heavy (non-hydrogen) atoms. The lowest BCUT2D eigenvalue weighted by Gasteiger charge is -2.23. The van der Waals surface area contributed by atoms with Crippen molar-refractivity contribution in [1.82, 2.24) is 0 Å². The molecule has 0 bridgehead atoms. The quantitative estimate of drug-likeness (QED) is 0.351. The van der Waals surface area contributed by atoms with Gasteiger partial charge in [-0.05, 0) is 57.5 Å². The maximum atomic E-state index is 6.10. The molecule has 4 aromatic rings. The number of fused-ring (bicyclic) bond motifs is 6. The van der Waals surface area contributed by atoms with Gasteiger partial charge in [-0.2, -0.15) is 0 Å². The van der Waals surface area contributed by atoms with E-state index in [4.69, 9.17) is 4.43 Å². The van der Waals surface area contributed by atoms with Gasteiger partial charge in [0.25, 0.3) is 0 Å². The van der Waals surface area contributed by atoms with E-state index >= 15 is 0 Å². The highest BCUT2D eigenvalue weighted by molar-refractivity contribution is 6.84. The highest BCUT2D eigenvalue weighted by Gasteiger charge is 2.25. The van der Waals surface area contributed by atoms with Crippen molar-refractivity contribution in [3.05, 3.63) is 66.7 Å². The summed E-state index contributed by atoms with van der Waals surface area (Å²) in [7, 11) is -1.85. The molecule has 4 aromatic carbocycles. The molecule has 0 unspecified atom stereocenters. The molecule has 0 saturated carbocycles. The summed E-state index contributed by atoms with van der Waals surface area (Å²) in [5.41, 5.74) is 0. The van der Waals surface area contributed by atoms with Gasteiger partial charge in [-0.3, -0.25) is 0 Å². The zero-order chi connectivity index (χ0) is 16.7. The highest BCUT2D eigenvalue weighted by atomic mass is 28.4. The van der Waals surface area contributed by atoms with Crippen LogP contribution >= 0.6 is 0 Å². The summed E-state index contributed by atoms with van der Waals surface area (Å²) in [6.45, 7) is 7.41. The Morgan fingerprint density at radius 2 is 1.12 bits per heavy atom. The molecule has 4 rings (SSSR count). The fourth-order valence-corrected chi connectivity index (χ4v) is 5.59. The van der Waals surface area contributed by atoms with Crippen molar-refractivity contribution in [1.29, 1.82) is 0 Å². The van der Waals surface area contributed by atoms with Gasteiger partial charge in [-0.15, -0.1) is 0 Å². The second-order valence-corrected chi connectivity index (χ2v) is 10.7. The van der Waals surface area contributed by atoms with E-state index in [0.29, 0.717) is 0 Å². The minimum absolute atomic E-state index is 0.774. The Morgan fingerprint density at radius 1 is 0.667 bits per heavy atom. The third kappa shape index (κ3) is 2.34. The van der Waals surface area contributed by atoms with E-state index in [0.717, 1.165) is 6.61 Å². The maximum Gasteiger partial charge on any atom is 0.218 e. The lowest BCUT2D eigenvalue weighted by atomic mass is 9.94. The van der Waals surface area contributed by atoms with Crippen molar-refractivity contribution < 1.29 is 4.43 Å². The Bertz CT molecular complexity index is 1010. The molecule has 2 heteroatoms. The Morgan fingerprint density at radius 3 is 1.62 bits per heavy atom. The predicted octanol–water partition coefficient (Wildman–Crippen LogP) is 5.59. The molecule has 0 fully saturated rings. The van der Waals surface area contributed by atoms with Crippen molar-refractivity contribution in [2.24, 2.45) is 0 Å². The molecule has 0 aliphatic heterocycles. The minimum atomic E-state index is -1.85. The average Bonchev–Trinajstić information content (AvgIpc) is 2.61. The van der Waals surface area contributed by atoms with Crippen LogP contribution in [0.5, 0.6) is 0 Å². The lowest BCUT2D eigenvalue weighted by molar-refractivity contribution is 0.339. The molecule has 0 aliphatic rings. The molecular weight excluding hydrogens is 308 g/mol. The van der Waals surface area contributed by atoms with Crippen molar-refractivity contribution in [2.75, 3.05) is 6.61 Å². The van der Waals surface area contributed by atoms with E-state index in [-0.39, 0.29) is 0 Å². The lowest BCUT2D eigenvalue weighted by Crippen LogP contribution is -2.44. The fourth-order valence-electron chi connectivity index (χ4n) is 3.73. The molecule has 0 spiro atoms. The largest absolute Gasteiger partial charge is 0.413 e. The van der Waals surface area contributed by atoms with Gasteiger partial charge >= 0.3 is 0 Å².